The van der Waals surface area contributed by atoms with E-state index in [1.807, 2.05) is 49.4 Å². The molecule has 0 radical (unpaired) electrons. The first-order chi connectivity index (χ1) is 7.68. The number of para-hydroxylation sites is 1. The average Bonchev–Trinajstić information content (AvgIpc) is 2.30. The van der Waals surface area contributed by atoms with Crippen LogP contribution in [0.4, 0.5) is 5.69 Å². The molecule has 0 saturated heterocycles. The van der Waals surface area contributed by atoms with Crippen molar-refractivity contribution in [3.05, 3.63) is 65.2 Å². The maximum Gasteiger partial charge on any atom is 0.106 e. The van der Waals surface area contributed by atoms with Crippen molar-refractivity contribution in [2.75, 3.05) is 5.73 Å². The first-order valence-electron chi connectivity index (χ1n) is 5.27. The van der Waals surface area contributed by atoms with E-state index in [1.54, 1.807) is 6.07 Å². The maximum absolute atomic E-state index is 10.2. The number of nitrogens with two attached hydrogens (primary N) is 1. The molecule has 0 aliphatic heterocycles. The van der Waals surface area contributed by atoms with E-state index >= 15 is 0 Å². The first kappa shape index (κ1) is 10.7. The molecule has 2 rings (SSSR count). The van der Waals surface area contributed by atoms with Crippen molar-refractivity contribution in [1.82, 2.24) is 0 Å². The third kappa shape index (κ3) is 2.07. The van der Waals surface area contributed by atoms with Gasteiger partial charge in [-0.3, -0.25) is 0 Å². The summed E-state index contributed by atoms with van der Waals surface area (Å²) in [5.74, 6) is 0. The van der Waals surface area contributed by atoms with Gasteiger partial charge in [-0.05, 0) is 18.6 Å². The van der Waals surface area contributed by atoms with Crippen LogP contribution in [0.3, 0.4) is 0 Å². The molecule has 1 unspecified atom stereocenters. The topological polar surface area (TPSA) is 46.2 Å². The number of benzene rings is 2. The van der Waals surface area contributed by atoms with Crippen LogP contribution in [0.1, 0.15) is 22.8 Å². The van der Waals surface area contributed by atoms with Crippen LogP contribution < -0.4 is 5.73 Å². The van der Waals surface area contributed by atoms with E-state index in [-0.39, 0.29) is 0 Å². The minimum absolute atomic E-state index is 0.621. The van der Waals surface area contributed by atoms with Gasteiger partial charge >= 0.3 is 0 Å². The summed E-state index contributed by atoms with van der Waals surface area (Å²) in [6, 6.07) is 15.2. The van der Waals surface area contributed by atoms with Gasteiger partial charge in [-0.15, -0.1) is 0 Å². The molecule has 0 aliphatic rings. The summed E-state index contributed by atoms with van der Waals surface area (Å²) < 4.78 is 0. The highest BCUT2D eigenvalue weighted by Gasteiger charge is 2.12. The van der Waals surface area contributed by atoms with Gasteiger partial charge in [0.05, 0.1) is 0 Å². The predicted octanol–water partition coefficient (Wildman–Crippen LogP) is 2.66. The van der Waals surface area contributed by atoms with E-state index < -0.39 is 6.10 Å². The average molecular weight is 213 g/mol. The van der Waals surface area contributed by atoms with Crippen molar-refractivity contribution in [2.24, 2.45) is 0 Å². The molecule has 0 aromatic heterocycles. The highest BCUT2D eigenvalue weighted by atomic mass is 16.3. The van der Waals surface area contributed by atoms with Gasteiger partial charge in [0.15, 0.2) is 0 Å². The van der Waals surface area contributed by atoms with Crippen LogP contribution in [0.2, 0.25) is 0 Å². The summed E-state index contributed by atoms with van der Waals surface area (Å²) in [5, 5.41) is 10.2. The molecule has 0 bridgehead atoms. The van der Waals surface area contributed by atoms with Gasteiger partial charge in [-0.25, -0.2) is 0 Å². The van der Waals surface area contributed by atoms with Gasteiger partial charge in [0.25, 0.3) is 0 Å². The molecule has 1 atom stereocenters. The van der Waals surface area contributed by atoms with E-state index in [1.165, 1.54) is 5.56 Å². The molecule has 2 aromatic carbocycles. The normalized spacial score (nSPS) is 12.4. The number of aliphatic hydroxyl groups excluding tert-OH is 1. The van der Waals surface area contributed by atoms with Gasteiger partial charge in [-0.2, -0.15) is 0 Å². The first-order valence-corrected chi connectivity index (χ1v) is 5.27. The highest BCUT2D eigenvalue weighted by Crippen LogP contribution is 2.26. The second kappa shape index (κ2) is 4.37. The Morgan fingerprint density at radius 3 is 2.25 bits per heavy atom. The number of nitrogen functional groups attached to an aromatic ring is 1. The van der Waals surface area contributed by atoms with Crippen LogP contribution in [0, 0.1) is 6.92 Å². The zero-order chi connectivity index (χ0) is 11.5. The van der Waals surface area contributed by atoms with Crippen molar-refractivity contribution in [3.8, 4) is 0 Å². The minimum atomic E-state index is -0.651. The molecular formula is C14H15NO. The lowest BCUT2D eigenvalue weighted by Crippen LogP contribution is -2.03. The number of hydrogen-bond acceptors (Lipinski definition) is 2. The zero-order valence-electron chi connectivity index (χ0n) is 9.22. The molecule has 0 heterocycles. The Bertz CT molecular complexity index is 476. The molecule has 0 aliphatic carbocycles. The number of aliphatic hydroxyl groups is 1. The Labute approximate surface area is 95.4 Å². The Kier molecular flexibility index (Phi) is 2.93. The van der Waals surface area contributed by atoms with Gasteiger partial charge in [-0.1, -0.05) is 48.0 Å². The summed E-state index contributed by atoms with van der Waals surface area (Å²) in [4.78, 5) is 0. The van der Waals surface area contributed by atoms with Crippen LogP contribution in [0.15, 0.2) is 48.5 Å². The standard InChI is InChI=1S/C14H15NO/c1-10-6-8-11(9-7-10)14(16)12-4-2-3-5-13(12)15/h2-9,14,16H,15H2,1H3. The van der Waals surface area contributed by atoms with Crippen LogP contribution in [-0.2, 0) is 0 Å². The van der Waals surface area contributed by atoms with Gasteiger partial charge in [0.2, 0.25) is 0 Å². The quantitative estimate of drug-likeness (QED) is 0.753. The molecule has 0 amide bonds. The molecular weight excluding hydrogens is 198 g/mol. The monoisotopic (exact) mass is 213 g/mol. The van der Waals surface area contributed by atoms with Crippen molar-refractivity contribution in [2.45, 2.75) is 13.0 Å². The molecule has 2 aromatic rings. The molecule has 0 saturated carbocycles. The van der Waals surface area contributed by atoms with Crippen molar-refractivity contribution < 1.29 is 5.11 Å². The fraction of sp³-hybridized carbons (Fsp3) is 0.143. The highest BCUT2D eigenvalue weighted by molar-refractivity contribution is 5.50. The smallest absolute Gasteiger partial charge is 0.106 e. The maximum atomic E-state index is 10.2. The second-order valence-corrected chi connectivity index (χ2v) is 3.94. The molecule has 0 spiro atoms. The van der Waals surface area contributed by atoms with E-state index in [0.717, 1.165) is 11.1 Å². The van der Waals surface area contributed by atoms with Crippen LogP contribution >= 0.6 is 0 Å². The van der Waals surface area contributed by atoms with E-state index in [4.69, 9.17) is 5.73 Å². The summed E-state index contributed by atoms with van der Waals surface area (Å²) in [5.41, 5.74) is 9.25. The number of anilines is 1. The lowest BCUT2D eigenvalue weighted by atomic mass is 9.99. The summed E-state index contributed by atoms with van der Waals surface area (Å²) in [6.45, 7) is 2.02. The number of hydrogen-bond donors (Lipinski definition) is 2. The fourth-order valence-corrected chi connectivity index (χ4v) is 1.69. The van der Waals surface area contributed by atoms with E-state index in [0.29, 0.717) is 5.69 Å². The molecule has 2 nitrogen and oxygen atoms in total. The number of rotatable bonds is 2. The lowest BCUT2D eigenvalue weighted by Gasteiger charge is -2.13. The number of aryl methyl sites for hydroxylation is 1. The SMILES string of the molecule is Cc1ccc(C(O)c2ccccc2N)cc1. The van der Waals surface area contributed by atoms with Crippen molar-refractivity contribution in [1.29, 1.82) is 0 Å². The lowest BCUT2D eigenvalue weighted by molar-refractivity contribution is 0.221. The summed E-state index contributed by atoms with van der Waals surface area (Å²) in [6.07, 6.45) is -0.651. The van der Waals surface area contributed by atoms with Gasteiger partial charge in [0, 0.05) is 11.3 Å². The van der Waals surface area contributed by atoms with E-state index in [2.05, 4.69) is 0 Å². The third-order valence-electron chi connectivity index (χ3n) is 2.68. The Morgan fingerprint density at radius 2 is 1.62 bits per heavy atom. The van der Waals surface area contributed by atoms with Gasteiger partial charge in [0.1, 0.15) is 6.10 Å². The van der Waals surface area contributed by atoms with Crippen LogP contribution in [-0.4, -0.2) is 5.11 Å². The van der Waals surface area contributed by atoms with Crippen molar-refractivity contribution >= 4 is 5.69 Å². The molecule has 3 N–H and O–H groups in total. The van der Waals surface area contributed by atoms with Gasteiger partial charge < -0.3 is 10.8 Å². The zero-order valence-corrected chi connectivity index (χ0v) is 9.22. The Balaban J connectivity index is 2.35. The third-order valence-corrected chi connectivity index (χ3v) is 2.68. The molecule has 0 fully saturated rings. The van der Waals surface area contributed by atoms with E-state index in [9.17, 15) is 5.11 Å². The largest absolute Gasteiger partial charge is 0.398 e. The minimum Gasteiger partial charge on any atom is -0.398 e. The Hall–Kier alpha value is -1.80. The van der Waals surface area contributed by atoms with Crippen LogP contribution in [0.5, 0.6) is 0 Å². The molecule has 2 heteroatoms. The fourth-order valence-electron chi connectivity index (χ4n) is 1.69. The second-order valence-electron chi connectivity index (χ2n) is 3.94. The van der Waals surface area contributed by atoms with Crippen molar-refractivity contribution in [3.63, 3.8) is 0 Å². The Morgan fingerprint density at radius 1 is 1.00 bits per heavy atom. The molecule has 16 heavy (non-hydrogen) atoms. The predicted molar refractivity (Wildman–Crippen MR) is 66.1 cm³/mol. The molecule has 82 valence electrons. The summed E-state index contributed by atoms with van der Waals surface area (Å²) >= 11 is 0. The van der Waals surface area contributed by atoms with Crippen LogP contribution in [0.25, 0.3) is 0 Å². The summed E-state index contributed by atoms with van der Waals surface area (Å²) in [7, 11) is 0.